The number of aromatic hydroxyl groups is 2. The van der Waals surface area contributed by atoms with Gasteiger partial charge in [-0.1, -0.05) is 225 Å². The van der Waals surface area contributed by atoms with E-state index in [1.807, 2.05) is 0 Å². The Bertz CT molecular complexity index is 4170. The fourth-order valence-corrected chi connectivity index (χ4v) is 15.8. The minimum Gasteiger partial charge on any atom is -0.505 e. The van der Waals surface area contributed by atoms with Crippen molar-refractivity contribution in [3.63, 3.8) is 0 Å². The van der Waals surface area contributed by atoms with Gasteiger partial charge in [0.05, 0.1) is 35.3 Å². The highest BCUT2D eigenvalue weighted by Gasteiger charge is 2.39. The molecule has 2 aromatic heterocycles. The molecule has 6 heteroatoms. The topological polar surface area (TPSA) is 68.8 Å². The van der Waals surface area contributed by atoms with E-state index in [-0.39, 0.29) is 57.2 Å². The fraction of sp³-hybridized carbons (Fsp3) is 0.461. The molecule has 2 N–H and O–H groups in total. The third-order valence-corrected chi connectivity index (χ3v) is 20.6. The lowest BCUT2D eigenvalue weighted by atomic mass is 9.71. The first-order valence-electron chi connectivity index (χ1n) is 35.6. The quantitative estimate of drug-likeness (QED) is 0.0946. The number of fused-ring (bicyclic) bond motifs is 6. The first kappa shape index (κ1) is 67.5. The highest BCUT2D eigenvalue weighted by molar-refractivity contribution is 6.12. The van der Waals surface area contributed by atoms with E-state index in [1.165, 1.54) is 59.1 Å². The Morgan fingerprint density at radius 1 is 0.368 bits per heavy atom. The van der Waals surface area contributed by atoms with Gasteiger partial charge >= 0.3 is 0 Å². The zero-order valence-electron chi connectivity index (χ0n) is 61.8. The van der Waals surface area contributed by atoms with E-state index in [1.54, 1.807) is 0 Å². The predicted octanol–water partition coefficient (Wildman–Crippen LogP) is 24.8. The highest BCUT2D eigenvalue weighted by Crippen LogP contribution is 2.56. The van der Waals surface area contributed by atoms with Crippen molar-refractivity contribution in [3.8, 4) is 56.6 Å². The van der Waals surface area contributed by atoms with Gasteiger partial charge in [-0.15, -0.1) is 0 Å². The molecule has 8 aromatic carbocycles. The van der Waals surface area contributed by atoms with E-state index >= 15 is 0 Å². The lowest BCUT2D eigenvalue weighted by molar-refractivity contribution is 0.229. The molecule has 0 spiro atoms. The van der Waals surface area contributed by atoms with Gasteiger partial charge in [-0.2, -0.15) is 0 Å². The molecule has 2 fully saturated rings. The fourth-order valence-electron chi connectivity index (χ4n) is 15.8. The van der Waals surface area contributed by atoms with E-state index in [0.717, 1.165) is 89.8 Å². The van der Waals surface area contributed by atoms with Gasteiger partial charge < -0.3 is 28.8 Å². The number of phenolic OH excluding ortho intramolecular Hbond substituents is 2. The molecule has 2 aliphatic rings. The van der Waals surface area contributed by atoms with E-state index < -0.39 is 10.8 Å². The molecule has 0 radical (unpaired) electrons. The summed E-state index contributed by atoms with van der Waals surface area (Å²) in [7, 11) is 0. The maximum atomic E-state index is 13.7. The van der Waals surface area contributed by atoms with Gasteiger partial charge in [0, 0.05) is 50.2 Å². The van der Waals surface area contributed by atoms with Gasteiger partial charge in [0.15, 0.2) is 23.0 Å². The summed E-state index contributed by atoms with van der Waals surface area (Å²) in [5, 5.41) is 32.0. The van der Waals surface area contributed by atoms with Crippen LogP contribution in [0.15, 0.2) is 133 Å². The van der Waals surface area contributed by atoms with Crippen LogP contribution in [0, 0.1) is 10.8 Å². The predicted molar refractivity (Wildman–Crippen MR) is 404 cm³/mol. The van der Waals surface area contributed by atoms with Crippen LogP contribution in [0.1, 0.15) is 254 Å². The van der Waals surface area contributed by atoms with Crippen LogP contribution in [0.25, 0.3) is 77.2 Å². The molecular weight excluding hydrogens is 1160 g/mol. The van der Waals surface area contributed by atoms with Crippen LogP contribution in [0.2, 0.25) is 0 Å². The lowest BCUT2D eigenvalue weighted by Crippen LogP contribution is -2.27. The maximum Gasteiger partial charge on any atom is 0.151 e. The third-order valence-electron chi connectivity index (χ3n) is 20.6. The molecule has 2 heterocycles. The number of ether oxygens (including phenoxy) is 2. The summed E-state index contributed by atoms with van der Waals surface area (Å²) in [6.45, 7) is 51.4. The molecule has 2 saturated carbocycles. The molecule has 500 valence electrons. The summed E-state index contributed by atoms with van der Waals surface area (Å²) in [5.74, 6) is 2.82. The SMILES string of the molecule is CC(C)(C)CC(C)(C)c1cc(-c2cccc(C3CC3)c2)c(O)c(-n2c3ccc(C(C)(C)C)cc3c3cc(C(C)(C)C)ccc32)c1OCCCOc1c(C(C)(C)CC(C)(C)C)cc(-c2cccc(C3CC3)c2)c(O)c1-n1c2ccc(C(C)(C)C)cc2c2cc(C(C)(C)C)ccc21. The summed E-state index contributed by atoms with van der Waals surface area (Å²) >= 11 is 0. The maximum absolute atomic E-state index is 13.7. The van der Waals surface area contributed by atoms with Crippen LogP contribution >= 0.6 is 0 Å². The monoisotopic (exact) mass is 1270 g/mol. The Hall–Kier alpha value is -7.44. The normalized spacial score (nSPS) is 14.9. The van der Waals surface area contributed by atoms with E-state index in [0.29, 0.717) is 41.1 Å². The van der Waals surface area contributed by atoms with Crippen molar-refractivity contribution >= 4 is 43.6 Å². The Kier molecular flexibility index (Phi) is 16.8. The van der Waals surface area contributed by atoms with Crippen LogP contribution in [0.3, 0.4) is 0 Å². The molecule has 0 saturated heterocycles. The van der Waals surface area contributed by atoms with E-state index in [2.05, 4.69) is 295 Å². The summed E-state index contributed by atoms with van der Waals surface area (Å²) in [5.41, 5.74) is 17.4. The van der Waals surface area contributed by atoms with Gasteiger partial charge in [0.25, 0.3) is 0 Å². The van der Waals surface area contributed by atoms with Crippen molar-refractivity contribution in [1.29, 1.82) is 0 Å². The summed E-state index contributed by atoms with van der Waals surface area (Å²) < 4.78 is 19.8. The number of hydrogen-bond acceptors (Lipinski definition) is 4. The van der Waals surface area contributed by atoms with Gasteiger partial charge in [-0.25, -0.2) is 0 Å². The highest BCUT2D eigenvalue weighted by atomic mass is 16.5. The zero-order valence-corrected chi connectivity index (χ0v) is 61.8. The van der Waals surface area contributed by atoms with E-state index in [9.17, 15) is 10.2 Å². The number of phenols is 2. The molecule has 95 heavy (non-hydrogen) atoms. The van der Waals surface area contributed by atoms with Gasteiger partial charge in [-0.3, -0.25) is 0 Å². The van der Waals surface area contributed by atoms with Crippen LogP contribution in [0.4, 0.5) is 0 Å². The van der Waals surface area contributed by atoms with Gasteiger partial charge in [0.2, 0.25) is 0 Å². The molecule has 0 bridgehead atoms. The Balaban J connectivity index is 1.06. The van der Waals surface area contributed by atoms with Crippen molar-refractivity contribution < 1.29 is 19.7 Å². The second kappa shape index (κ2) is 23.7. The van der Waals surface area contributed by atoms with Crippen molar-refractivity contribution in [2.24, 2.45) is 10.8 Å². The van der Waals surface area contributed by atoms with E-state index in [4.69, 9.17) is 9.47 Å². The number of aromatic nitrogens is 2. The van der Waals surface area contributed by atoms with Crippen LogP contribution < -0.4 is 9.47 Å². The van der Waals surface area contributed by atoms with Gasteiger partial charge in [-0.05, 0) is 199 Å². The largest absolute Gasteiger partial charge is 0.505 e. The van der Waals surface area contributed by atoms with Crippen molar-refractivity contribution in [3.05, 3.63) is 178 Å². The minimum absolute atomic E-state index is 0.0459. The van der Waals surface area contributed by atoms with Crippen LogP contribution in [-0.2, 0) is 32.5 Å². The standard InChI is InChI=1S/C89H110N2O4/c1-82(2,3)52-88(19,20)70-50-64(58-28-23-26-56(44-58)54-30-31-54)78(92)76(90-72-38-34-60(84(7,8)9)46-66(72)67-47-61(85(10,11)12)35-39-73(67)90)80(70)94-42-25-43-95-81-71(89(21,22)53-83(4,5)6)51-65(59-29-24-27-57(45-59)55-32-33-55)79(93)77(81)91-74-40-36-62(86(13,14)15)48-68(74)69-49-63(87(16,17)18)37-41-75(69)91/h23-24,26-29,34-41,44-51,54-55,92-93H,25,30-33,42-43,52-53H2,1-22H3. The Morgan fingerprint density at radius 2 is 0.663 bits per heavy atom. The molecular formula is C89H110N2O4. The third kappa shape index (κ3) is 13.4. The first-order chi connectivity index (χ1) is 44.2. The molecule has 0 unspecified atom stereocenters. The second-order valence-electron chi connectivity index (χ2n) is 36.7. The minimum atomic E-state index is -0.420. The summed E-state index contributed by atoms with van der Waals surface area (Å²) in [4.78, 5) is 0. The molecule has 0 amide bonds. The first-order valence-corrected chi connectivity index (χ1v) is 35.6. The number of benzene rings is 8. The zero-order chi connectivity index (χ0) is 68.7. The summed E-state index contributed by atoms with van der Waals surface area (Å²) in [6.07, 6.45) is 6.97. The molecule has 12 rings (SSSR count). The molecule has 0 atom stereocenters. The van der Waals surface area contributed by atoms with Gasteiger partial charge in [0.1, 0.15) is 11.4 Å². The number of rotatable bonds is 16. The Labute approximate surface area is 569 Å². The molecule has 10 aromatic rings. The number of nitrogens with zero attached hydrogens (tertiary/aromatic N) is 2. The Morgan fingerprint density at radius 3 is 0.926 bits per heavy atom. The lowest BCUT2D eigenvalue weighted by Gasteiger charge is -2.36. The smallest absolute Gasteiger partial charge is 0.151 e. The van der Waals surface area contributed by atoms with Crippen LogP contribution in [-0.4, -0.2) is 32.6 Å². The number of hydrogen-bond donors (Lipinski definition) is 2. The molecule has 0 aliphatic heterocycles. The van der Waals surface area contributed by atoms with Crippen molar-refractivity contribution in [2.75, 3.05) is 13.2 Å². The average Bonchev–Trinajstić information content (AvgIpc) is 1.62. The second-order valence-corrected chi connectivity index (χ2v) is 36.7. The van der Waals surface area contributed by atoms with Crippen molar-refractivity contribution in [1.82, 2.24) is 9.13 Å². The summed E-state index contributed by atoms with van der Waals surface area (Å²) in [6, 6.07) is 50.1. The average molecular weight is 1270 g/mol. The van der Waals surface area contributed by atoms with Crippen molar-refractivity contribution in [2.45, 2.75) is 242 Å². The molecule has 2 aliphatic carbocycles. The molecule has 6 nitrogen and oxygen atoms in total. The van der Waals surface area contributed by atoms with Crippen LogP contribution in [0.5, 0.6) is 23.0 Å².